The zero-order chi connectivity index (χ0) is 13.7. The molecule has 1 aromatic carbocycles. The van der Waals surface area contributed by atoms with Crippen LogP contribution < -0.4 is 10.1 Å². The Morgan fingerprint density at radius 3 is 2.72 bits per heavy atom. The van der Waals surface area contributed by atoms with Crippen molar-refractivity contribution in [3.05, 3.63) is 27.8 Å². The Bertz CT molecular complexity index is 436. The zero-order valence-electron chi connectivity index (χ0n) is 10.2. The molecule has 0 aromatic heterocycles. The number of nitrogens with one attached hydrogen (secondary N) is 1. The molecule has 0 radical (unpaired) electrons. The van der Waals surface area contributed by atoms with E-state index in [9.17, 15) is 15.2 Å². The van der Waals surface area contributed by atoms with E-state index in [0.29, 0.717) is 11.3 Å². The van der Waals surface area contributed by atoms with Gasteiger partial charge in [0.15, 0.2) is 5.75 Å². The lowest BCUT2D eigenvalue weighted by molar-refractivity contribution is -0.385. The minimum Gasteiger partial charge on any atom is -0.490 e. The number of hydrogen-bond acceptors (Lipinski definition) is 6. The van der Waals surface area contributed by atoms with Gasteiger partial charge < -0.3 is 20.3 Å². The summed E-state index contributed by atoms with van der Waals surface area (Å²) in [5, 5.41) is 31.6. The van der Waals surface area contributed by atoms with Crippen LogP contribution in [-0.4, -0.2) is 41.5 Å². The normalized spacial score (nSPS) is 12.0. The zero-order valence-corrected chi connectivity index (χ0v) is 10.2. The highest BCUT2D eigenvalue weighted by Crippen LogP contribution is 2.32. The molecule has 3 N–H and O–H groups in total. The number of ether oxygens (including phenoxy) is 1. The second-order valence-electron chi connectivity index (χ2n) is 3.81. The van der Waals surface area contributed by atoms with Crippen molar-refractivity contribution in [3.63, 3.8) is 0 Å². The Morgan fingerprint density at radius 1 is 1.56 bits per heavy atom. The average Bonchev–Trinajstić information content (AvgIpc) is 2.36. The summed E-state index contributed by atoms with van der Waals surface area (Å²) in [6.45, 7) is 1.51. The van der Waals surface area contributed by atoms with Crippen LogP contribution in [0, 0.1) is 17.0 Å². The van der Waals surface area contributed by atoms with E-state index in [1.807, 2.05) is 0 Å². The molecule has 0 saturated carbocycles. The van der Waals surface area contributed by atoms with Gasteiger partial charge in [-0.25, -0.2) is 0 Å². The summed E-state index contributed by atoms with van der Waals surface area (Å²) in [5.41, 5.74) is 1.17. The predicted octanol–water partition coefficient (Wildman–Crippen LogP) is 0.677. The van der Waals surface area contributed by atoms with Gasteiger partial charge in [-0.1, -0.05) is 0 Å². The highest BCUT2D eigenvalue weighted by molar-refractivity contribution is 5.62. The molecule has 1 aromatic rings. The van der Waals surface area contributed by atoms with E-state index in [2.05, 4.69) is 5.32 Å². The number of nitrogens with zero attached hydrogens (tertiary/aromatic N) is 1. The quantitative estimate of drug-likeness (QED) is 0.510. The van der Waals surface area contributed by atoms with Crippen molar-refractivity contribution in [2.24, 2.45) is 0 Å². The molecule has 7 heteroatoms. The Kier molecular flexibility index (Phi) is 4.87. The van der Waals surface area contributed by atoms with Crippen molar-refractivity contribution in [2.45, 2.75) is 13.0 Å². The maximum atomic E-state index is 10.8. The number of aliphatic hydroxyl groups excluding tert-OH is 2. The molecule has 1 atom stereocenters. The predicted molar refractivity (Wildman–Crippen MR) is 66.0 cm³/mol. The Labute approximate surface area is 104 Å². The van der Waals surface area contributed by atoms with Gasteiger partial charge in [-0.2, -0.15) is 0 Å². The number of aryl methyl sites for hydroxylation is 1. The summed E-state index contributed by atoms with van der Waals surface area (Å²) in [6.07, 6.45) is -0.884. The third-order valence-corrected chi connectivity index (χ3v) is 2.46. The molecule has 0 heterocycles. The maximum Gasteiger partial charge on any atom is 0.311 e. The number of rotatable bonds is 6. The van der Waals surface area contributed by atoms with E-state index in [-0.39, 0.29) is 24.6 Å². The summed E-state index contributed by atoms with van der Waals surface area (Å²) < 4.78 is 4.94. The van der Waals surface area contributed by atoms with E-state index >= 15 is 0 Å². The van der Waals surface area contributed by atoms with Crippen molar-refractivity contribution in [1.29, 1.82) is 0 Å². The standard InChI is InChI=1S/C11H16N2O5/c1-7-3-10(13(16)17)11(18-2)4-9(7)12-5-8(15)6-14/h3-4,8,12,14-15H,5-6H2,1-2H3. The number of nitro benzene ring substituents is 1. The van der Waals surface area contributed by atoms with Crippen LogP contribution in [0.25, 0.3) is 0 Å². The Balaban J connectivity index is 2.97. The minimum atomic E-state index is -0.884. The Hall–Kier alpha value is -1.86. The van der Waals surface area contributed by atoms with Gasteiger partial charge in [-0.05, 0) is 12.5 Å². The SMILES string of the molecule is COc1cc(NCC(O)CO)c(C)cc1[N+](=O)[O-]. The molecule has 0 fully saturated rings. The molecule has 0 bridgehead atoms. The first-order valence-corrected chi connectivity index (χ1v) is 5.35. The van der Waals surface area contributed by atoms with E-state index in [0.717, 1.165) is 0 Å². The van der Waals surface area contributed by atoms with Crippen LogP contribution in [0.5, 0.6) is 5.75 Å². The number of benzene rings is 1. The van der Waals surface area contributed by atoms with E-state index < -0.39 is 11.0 Å². The van der Waals surface area contributed by atoms with Crippen LogP contribution in [0.15, 0.2) is 12.1 Å². The topological polar surface area (TPSA) is 105 Å². The second kappa shape index (κ2) is 6.18. The summed E-state index contributed by atoms with van der Waals surface area (Å²) in [6, 6.07) is 2.89. The summed E-state index contributed by atoms with van der Waals surface area (Å²) >= 11 is 0. The third-order valence-electron chi connectivity index (χ3n) is 2.46. The summed E-state index contributed by atoms with van der Waals surface area (Å²) in [7, 11) is 1.35. The molecule has 0 amide bonds. The monoisotopic (exact) mass is 256 g/mol. The Morgan fingerprint density at radius 2 is 2.22 bits per heavy atom. The molecule has 0 aliphatic rings. The van der Waals surface area contributed by atoms with Gasteiger partial charge >= 0.3 is 5.69 Å². The van der Waals surface area contributed by atoms with Crippen molar-refractivity contribution >= 4 is 11.4 Å². The van der Waals surface area contributed by atoms with Crippen molar-refractivity contribution < 1.29 is 19.9 Å². The molecule has 0 aliphatic carbocycles. The van der Waals surface area contributed by atoms with Crippen LogP contribution >= 0.6 is 0 Å². The van der Waals surface area contributed by atoms with E-state index in [1.165, 1.54) is 19.2 Å². The van der Waals surface area contributed by atoms with Crippen LogP contribution in [0.4, 0.5) is 11.4 Å². The maximum absolute atomic E-state index is 10.8. The molecule has 0 aliphatic heterocycles. The highest BCUT2D eigenvalue weighted by Gasteiger charge is 2.17. The number of methoxy groups -OCH3 is 1. The van der Waals surface area contributed by atoms with E-state index in [1.54, 1.807) is 6.92 Å². The van der Waals surface area contributed by atoms with Crippen molar-refractivity contribution in [3.8, 4) is 5.75 Å². The summed E-state index contributed by atoms with van der Waals surface area (Å²) in [5.74, 6) is 0.145. The van der Waals surface area contributed by atoms with E-state index in [4.69, 9.17) is 9.84 Å². The van der Waals surface area contributed by atoms with Crippen LogP contribution in [0.2, 0.25) is 0 Å². The molecule has 7 nitrogen and oxygen atoms in total. The van der Waals surface area contributed by atoms with Crippen molar-refractivity contribution in [1.82, 2.24) is 0 Å². The molecule has 1 unspecified atom stereocenters. The number of nitro groups is 1. The molecule has 1 rings (SSSR count). The summed E-state index contributed by atoms with van der Waals surface area (Å²) in [4.78, 5) is 10.3. The molecule has 0 spiro atoms. The van der Waals surface area contributed by atoms with Gasteiger partial charge in [0.05, 0.1) is 24.7 Å². The van der Waals surface area contributed by atoms with Gasteiger partial charge in [0.25, 0.3) is 0 Å². The first-order chi connectivity index (χ1) is 8.49. The first kappa shape index (κ1) is 14.2. The molecular formula is C11H16N2O5. The molecule has 100 valence electrons. The lowest BCUT2D eigenvalue weighted by atomic mass is 10.1. The third kappa shape index (κ3) is 3.31. The fourth-order valence-electron chi connectivity index (χ4n) is 1.46. The number of aliphatic hydroxyl groups is 2. The van der Waals surface area contributed by atoms with Gasteiger partial charge in [-0.3, -0.25) is 10.1 Å². The molecular weight excluding hydrogens is 240 g/mol. The number of hydrogen-bond donors (Lipinski definition) is 3. The minimum absolute atomic E-state index is 0.108. The number of anilines is 1. The molecule has 18 heavy (non-hydrogen) atoms. The van der Waals surface area contributed by atoms with Crippen LogP contribution in [0.3, 0.4) is 0 Å². The van der Waals surface area contributed by atoms with Crippen LogP contribution in [-0.2, 0) is 0 Å². The fourth-order valence-corrected chi connectivity index (χ4v) is 1.46. The lowest BCUT2D eigenvalue weighted by Crippen LogP contribution is -2.23. The largest absolute Gasteiger partial charge is 0.490 e. The second-order valence-corrected chi connectivity index (χ2v) is 3.81. The highest BCUT2D eigenvalue weighted by atomic mass is 16.6. The first-order valence-electron chi connectivity index (χ1n) is 5.35. The van der Waals surface area contributed by atoms with Crippen LogP contribution in [0.1, 0.15) is 5.56 Å². The van der Waals surface area contributed by atoms with Gasteiger partial charge in [-0.15, -0.1) is 0 Å². The van der Waals surface area contributed by atoms with Crippen molar-refractivity contribution in [2.75, 3.05) is 25.6 Å². The van der Waals surface area contributed by atoms with Gasteiger partial charge in [0.1, 0.15) is 0 Å². The van der Waals surface area contributed by atoms with Gasteiger partial charge in [0.2, 0.25) is 0 Å². The fraction of sp³-hybridized carbons (Fsp3) is 0.455. The van der Waals surface area contributed by atoms with Gasteiger partial charge in [0, 0.05) is 24.4 Å². The smallest absolute Gasteiger partial charge is 0.311 e. The average molecular weight is 256 g/mol. The lowest BCUT2D eigenvalue weighted by Gasteiger charge is -2.13. The molecule has 0 saturated heterocycles.